The lowest BCUT2D eigenvalue weighted by Crippen LogP contribution is -2.39. The molecule has 0 spiro atoms. The van der Waals surface area contributed by atoms with Crippen molar-refractivity contribution >= 4 is 27.5 Å². The second kappa shape index (κ2) is 6.87. The van der Waals surface area contributed by atoms with Crippen LogP contribution in [0.3, 0.4) is 0 Å². The number of carbonyl (C=O) groups is 1. The Balaban J connectivity index is 2.90. The molecule has 0 aliphatic carbocycles. The molecule has 5 heteroatoms. The van der Waals surface area contributed by atoms with Crippen LogP contribution in [0.15, 0.2) is 22.7 Å². The maximum absolute atomic E-state index is 11.9. The number of hydrogen-bond donors (Lipinski definition) is 2. The monoisotopic (exact) mass is 314 g/mol. The van der Waals surface area contributed by atoms with Crippen LogP contribution in [0.2, 0.25) is 0 Å². The molecular formula is C13H19BrN2O2. The molecule has 1 aromatic carbocycles. The maximum atomic E-state index is 11.9. The summed E-state index contributed by atoms with van der Waals surface area (Å²) in [6, 6.07) is 5.09. The summed E-state index contributed by atoms with van der Waals surface area (Å²) in [6.07, 6.45) is 0. The average Bonchev–Trinajstić information content (AvgIpc) is 2.32. The molecule has 0 aliphatic rings. The van der Waals surface area contributed by atoms with Crippen LogP contribution in [-0.4, -0.2) is 19.1 Å². The number of amides is 1. The smallest absolute Gasteiger partial charge is 0.241 e. The predicted molar refractivity (Wildman–Crippen MR) is 76.3 cm³/mol. The molecule has 3 N–H and O–H groups in total. The van der Waals surface area contributed by atoms with Crippen molar-refractivity contribution in [3.8, 4) is 0 Å². The lowest BCUT2D eigenvalue weighted by atomic mass is 10.0. The number of ether oxygens (including phenoxy) is 1. The first kappa shape index (κ1) is 15.1. The van der Waals surface area contributed by atoms with Gasteiger partial charge in [0.15, 0.2) is 0 Å². The third-order valence-corrected chi connectivity index (χ3v) is 3.43. The molecule has 0 bridgehead atoms. The minimum absolute atomic E-state index is 0.100. The van der Waals surface area contributed by atoms with Gasteiger partial charge in [0.25, 0.3) is 0 Å². The lowest BCUT2D eigenvalue weighted by molar-refractivity contribution is -0.118. The number of hydrogen-bond acceptors (Lipinski definition) is 3. The highest BCUT2D eigenvalue weighted by atomic mass is 79.9. The second-order valence-electron chi connectivity index (χ2n) is 4.46. The number of anilines is 1. The molecule has 100 valence electrons. The Morgan fingerprint density at radius 3 is 2.72 bits per heavy atom. The molecule has 0 unspecified atom stereocenters. The van der Waals surface area contributed by atoms with Gasteiger partial charge in [0.1, 0.15) is 0 Å². The summed E-state index contributed by atoms with van der Waals surface area (Å²) in [5.41, 5.74) is 7.45. The molecule has 0 saturated carbocycles. The van der Waals surface area contributed by atoms with Gasteiger partial charge < -0.3 is 15.8 Å². The molecule has 4 nitrogen and oxygen atoms in total. The summed E-state index contributed by atoms with van der Waals surface area (Å²) in [6.45, 7) is 4.26. The van der Waals surface area contributed by atoms with Gasteiger partial charge in [-0.15, -0.1) is 0 Å². The quantitative estimate of drug-likeness (QED) is 0.877. The van der Waals surface area contributed by atoms with E-state index in [1.165, 1.54) is 0 Å². The number of carbonyl (C=O) groups excluding carboxylic acids is 1. The van der Waals surface area contributed by atoms with Crippen molar-refractivity contribution in [3.05, 3.63) is 28.2 Å². The van der Waals surface area contributed by atoms with Crippen LogP contribution in [0.25, 0.3) is 0 Å². The molecule has 0 aromatic heterocycles. The Labute approximate surface area is 116 Å². The molecule has 0 saturated heterocycles. The second-order valence-corrected chi connectivity index (χ2v) is 5.31. The van der Waals surface area contributed by atoms with Crippen molar-refractivity contribution in [2.24, 2.45) is 11.7 Å². The van der Waals surface area contributed by atoms with Crippen molar-refractivity contribution in [1.82, 2.24) is 0 Å². The molecule has 1 rings (SSSR count). The third-order valence-electron chi connectivity index (χ3n) is 2.69. The Hall–Kier alpha value is -0.910. The van der Waals surface area contributed by atoms with E-state index < -0.39 is 6.04 Å². The highest BCUT2D eigenvalue weighted by Gasteiger charge is 2.18. The number of halogens is 1. The van der Waals surface area contributed by atoms with Gasteiger partial charge in [-0.3, -0.25) is 4.79 Å². The first-order chi connectivity index (χ1) is 8.47. The van der Waals surface area contributed by atoms with Gasteiger partial charge in [-0.1, -0.05) is 35.8 Å². The molecule has 0 fully saturated rings. The van der Waals surface area contributed by atoms with Gasteiger partial charge in [0.2, 0.25) is 5.91 Å². The molecule has 0 radical (unpaired) electrons. The summed E-state index contributed by atoms with van der Waals surface area (Å²) < 4.78 is 6.03. The highest BCUT2D eigenvalue weighted by Crippen LogP contribution is 2.25. The van der Waals surface area contributed by atoms with Crippen LogP contribution >= 0.6 is 15.9 Å². The fraction of sp³-hybridized carbons (Fsp3) is 0.462. The molecular weight excluding hydrogens is 296 g/mol. The first-order valence-electron chi connectivity index (χ1n) is 5.80. The van der Waals surface area contributed by atoms with Gasteiger partial charge in [0, 0.05) is 22.8 Å². The Bertz CT molecular complexity index is 421. The molecule has 0 aliphatic heterocycles. The third kappa shape index (κ3) is 3.80. The maximum Gasteiger partial charge on any atom is 0.241 e. The van der Waals surface area contributed by atoms with E-state index in [2.05, 4.69) is 21.2 Å². The van der Waals surface area contributed by atoms with E-state index in [9.17, 15) is 4.79 Å². The Kier molecular flexibility index (Phi) is 5.78. The van der Waals surface area contributed by atoms with Crippen LogP contribution in [0.5, 0.6) is 0 Å². The van der Waals surface area contributed by atoms with E-state index in [1.807, 2.05) is 32.0 Å². The Morgan fingerprint density at radius 1 is 1.50 bits per heavy atom. The van der Waals surface area contributed by atoms with Crippen LogP contribution in [-0.2, 0) is 16.1 Å². The average molecular weight is 315 g/mol. The van der Waals surface area contributed by atoms with Crippen LogP contribution in [0.4, 0.5) is 5.69 Å². The molecule has 1 atom stereocenters. The van der Waals surface area contributed by atoms with Gasteiger partial charge in [0.05, 0.1) is 12.6 Å². The van der Waals surface area contributed by atoms with Crippen molar-refractivity contribution < 1.29 is 9.53 Å². The fourth-order valence-electron chi connectivity index (χ4n) is 1.49. The standard InChI is InChI=1S/C13H19BrN2O2/c1-8(2)12(15)13(17)16-11-6-4-5-10(14)9(11)7-18-3/h4-6,8,12H,7,15H2,1-3H3,(H,16,17)/t12-/m1/s1. The van der Waals surface area contributed by atoms with Crippen molar-refractivity contribution in [1.29, 1.82) is 0 Å². The summed E-state index contributed by atoms with van der Waals surface area (Å²) >= 11 is 3.44. The zero-order valence-corrected chi connectivity index (χ0v) is 12.5. The van der Waals surface area contributed by atoms with Crippen LogP contribution < -0.4 is 11.1 Å². The fourth-order valence-corrected chi connectivity index (χ4v) is 1.97. The van der Waals surface area contributed by atoms with Gasteiger partial charge in [-0.25, -0.2) is 0 Å². The number of nitrogens with one attached hydrogen (secondary N) is 1. The minimum atomic E-state index is -0.514. The zero-order valence-electron chi connectivity index (χ0n) is 10.9. The summed E-state index contributed by atoms with van der Waals surface area (Å²) in [5.74, 6) is -0.0801. The largest absolute Gasteiger partial charge is 0.380 e. The highest BCUT2D eigenvalue weighted by molar-refractivity contribution is 9.10. The minimum Gasteiger partial charge on any atom is -0.380 e. The van der Waals surface area contributed by atoms with E-state index in [0.717, 1.165) is 15.7 Å². The van der Waals surface area contributed by atoms with Crippen molar-refractivity contribution in [3.63, 3.8) is 0 Å². The van der Waals surface area contributed by atoms with E-state index in [0.29, 0.717) is 6.61 Å². The van der Waals surface area contributed by atoms with E-state index in [4.69, 9.17) is 10.5 Å². The topological polar surface area (TPSA) is 64.3 Å². The van der Waals surface area contributed by atoms with Gasteiger partial charge in [-0.2, -0.15) is 0 Å². The summed E-state index contributed by atoms with van der Waals surface area (Å²) in [5, 5.41) is 2.84. The van der Waals surface area contributed by atoms with E-state index in [-0.39, 0.29) is 11.8 Å². The number of rotatable bonds is 5. The molecule has 18 heavy (non-hydrogen) atoms. The predicted octanol–water partition coefficient (Wildman–Crippen LogP) is 2.52. The molecule has 0 heterocycles. The van der Waals surface area contributed by atoms with Gasteiger partial charge in [-0.05, 0) is 18.1 Å². The molecule has 1 amide bonds. The van der Waals surface area contributed by atoms with E-state index >= 15 is 0 Å². The zero-order chi connectivity index (χ0) is 13.7. The number of benzene rings is 1. The van der Waals surface area contributed by atoms with Crippen LogP contribution in [0.1, 0.15) is 19.4 Å². The first-order valence-corrected chi connectivity index (χ1v) is 6.59. The van der Waals surface area contributed by atoms with E-state index in [1.54, 1.807) is 7.11 Å². The summed E-state index contributed by atoms with van der Waals surface area (Å²) in [4.78, 5) is 11.9. The lowest BCUT2D eigenvalue weighted by Gasteiger charge is -2.17. The number of nitrogens with two attached hydrogens (primary N) is 1. The SMILES string of the molecule is COCc1c(Br)cccc1NC(=O)[C@H](N)C(C)C. The number of methoxy groups -OCH3 is 1. The van der Waals surface area contributed by atoms with Crippen molar-refractivity contribution in [2.75, 3.05) is 12.4 Å². The normalized spacial score (nSPS) is 12.6. The molecule has 1 aromatic rings. The van der Waals surface area contributed by atoms with Crippen LogP contribution in [0, 0.1) is 5.92 Å². The van der Waals surface area contributed by atoms with Gasteiger partial charge >= 0.3 is 0 Å². The van der Waals surface area contributed by atoms with Crippen molar-refractivity contribution in [2.45, 2.75) is 26.5 Å². The summed E-state index contributed by atoms with van der Waals surface area (Å²) in [7, 11) is 1.62. The Morgan fingerprint density at radius 2 is 2.17 bits per heavy atom.